The Kier molecular flexibility index (Phi) is 5.87. The molecule has 0 aliphatic rings. The van der Waals surface area contributed by atoms with E-state index in [-0.39, 0.29) is 12.0 Å². The molecule has 0 aliphatic carbocycles. The Morgan fingerprint density at radius 3 is 2.34 bits per heavy atom. The lowest BCUT2D eigenvalue weighted by Crippen LogP contribution is -2.43. The number of carbonyl (C=O) groups is 2. The van der Waals surface area contributed by atoms with Gasteiger partial charge in [0.2, 0.25) is 0 Å². The quantitative estimate of drug-likeness (QED) is 0.646. The molecular weight excluding hydrogens is 383 g/mol. The smallest absolute Gasteiger partial charge is 0.416 e. The van der Waals surface area contributed by atoms with Crippen molar-refractivity contribution in [2.75, 3.05) is 7.11 Å². The minimum Gasteiger partial charge on any atom is -0.467 e. The third kappa shape index (κ3) is 4.56. The molecule has 0 fully saturated rings. The fourth-order valence-electron chi connectivity index (χ4n) is 3.19. The fraction of sp³-hybridized carbons (Fsp3) is 0.182. The number of carbonyl (C=O) groups excluding carboxylic acids is 2. The van der Waals surface area contributed by atoms with E-state index in [0.29, 0.717) is 10.9 Å². The lowest BCUT2D eigenvalue weighted by molar-refractivity contribution is -0.144. The normalized spacial score (nSPS) is 12.4. The van der Waals surface area contributed by atoms with Gasteiger partial charge in [0, 0.05) is 12.0 Å². The summed E-state index contributed by atoms with van der Waals surface area (Å²) in [5.41, 5.74) is -0.636. The first-order valence-corrected chi connectivity index (χ1v) is 8.83. The van der Waals surface area contributed by atoms with Crippen molar-refractivity contribution in [3.63, 3.8) is 0 Å². The van der Waals surface area contributed by atoms with E-state index in [1.807, 2.05) is 18.2 Å². The molecule has 3 aromatic rings. The fourth-order valence-corrected chi connectivity index (χ4v) is 3.19. The Hall–Kier alpha value is -3.35. The number of hydrogen-bond donors (Lipinski definition) is 1. The Labute approximate surface area is 165 Å². The van der Waals surface area contributed by atoms with E-state index in [0.717, 1.165) is 18.6 Å². The summed E-state index contributed by atoms with van der Waals surface area (Å²) in [5.74, 6) is -1.39. The van der Waals surface area contributed by atoms with E-state index in [1.54, 1.807) is 24.3 Å². The number of methoxy groups -OCH3 is 1. The lowest BCUT2D eigenvalue weighted by Gasteiger charge is -2.19. The number of esters is 1. The number of halogens is 3. The van der Waals surface area contributed by atoms with Crippen molar-refractivity contribution in [3.05, 3.63) is 83.4 Å². The van der Waals surface area contributed by atoms with Gasteiger partial charge in [-0.3, -0.25) is 4.79 Å². The van der Waals surface area contributed by atoms with Crippen LogP contribution >= 0.6 is 0 Å². The van der Waals surface area contributed by atoms with Gasteiger partial charge < -0.3 is 10.1 Å². The van der Waals surface area contributed by atoms with Crippen molar-refractivity contribution in [2.24, 2.45) is 0 Å². The summed E-state index contributed by atoms with van der Waals surface area (Å²) in [7, 11) is 1.12. The first-order valence-electron chi connectivity index (χ1n) is 8.83. The van der Waals surface area contributed by atoms with Gasteiger partial charge in [-0.2, -0.15) is 13.2 Å². The van der Waals surface area contributed by atoms with Crippen LogP contribution in [-0.2, 0) is 22.1 Å². The number of ether oxygens (including phenoxy) is 1. The topological polar surface area (TPSA) is 55.4 Å². The molecule has 0 saturated carbocycles. The van der Waals surface area contributed by atoms with E-state index >= 15 is 0 Å². The minimum atomic E-state index is -4.57. The van der Waals surface area contributed by atoms with Crippen molar-refractivity contribution < 1.29 is 27.5 Å². The van der Waals surface area contributed by atoms with E-state index in [1.165, 1.54) is 18.2 Å². The summed E-state index contributed by atoms with van der Waals surface area (Å²) >= 11 is 0. The second kappa shape index (κ2) is 8.34. The highest BCUT2D eigenvalue weighted by Gasteiger charge is 2.34. The summed E-state index contributed by atoms with van der Waals surface area (Å²) in [6, 6.07) is 16.0. The zero-order valence-electron chi connectivity index (χ0n) is 15.5. The van der Waals surface area contributed by atoms with Crippen LogP contribution in [0.25, 0.3) is 10.8 Å². The van der Waals surface area contributed by atoms with Gasteiger partial charge in [-0.05, 0) is 28.5 Å². The van der Waals surface area contributed by atoms with Crippen LogP contribution in [0.3, 0.4) is 0 Å². The van der Waals surface area contributed by atoms with Crippen molar-refractivity contribution in [3.8, 4) is 0 Å². The third-order valence-corrected chi connectivity index (χ3v) is 4.57. The molecule has 3 rings (SSSR count). The maximum absolute atomic E-state index is 13.3. The van der Waals surface area contributed by atoms with Crippen LogP contribution in [-0.4, -0.2) is 25.0 Å². The average molecular weight is 401 g/mol. The largest absolute Gasteiger partial charge is 0.467 e. The van der Waals surface area contributed by atoms with Crippen LogP contribution in [0.1, 0.15) is 21.5 Å². The standard InChI is InChI=1S/C22H18F3NO3/c1-29-21(28)19(13-15-8-3-5-12-18(15)22(23,24)25)26-20(27)17-11-6-9-14-7-2-4-10-16(14)17/h2-12,19H,13H2,1H3,(H,26,27)/t19-/m1/s1. The van der Waals surface area contributed by atoms with Gasteiger partial charge in [-0.25, -0.2) is 4.79 Å². The molecule has 1 N–H and O–H groups in total. The molecule has 0 unspecified atom stereocenters. The number of nitrogens with one attached hydrogen (secondary N) is 1. The molecule has 0 radical (unpaired) electrons. The highest BCUT2D eigenvalue weighted by molar-refractivity contribution is 6.08. The Morgan fingerprint density at radius 2 is 1.62 bits per heavy atom. The highest BCUT2D eigenvalue weighted by Crippen LogP contribution is 2.32. The average Bonchev–Trinajstić information content (AvgIpc) is 2.71. The Bertz CT molecular complexity index is 1040. The maximum atomic E-state index is 13.3. The van der Waals surface area contributed by atoms with Gasteiger partial charge in [-0.15, -0.1) is 0 Å². The van der Waals surface area contributed by atoms with E-state index in [4.69, 9.17) is 4.74 Å². The molecule has 0 bridgehead atoms. The lowest BCUT2D eigenvalue weighted by atomic mass is 9.99. The molecule has 0 saturated heterocycles. The Balaban J connectivity index is 1.91. The summed E-state index contributed by atoms with van der Waals surface area (Å²) in [4.78, 5) is 25.0. The molecule has 3 aromatic carbocycles. The number of alkyl halides is 3. The summed E-state index contributed by atoms with van der Waals surface area (Å²) in [5, 5.41) is 4.03. The predicted molar refractivity (Wildman–Crippen MR) is 102 cm³/mol. The highest BCUT2D eigenvalue weighted by atomic mass is 19.4. The number of hydrogen-bond acceptors (Lipinski definition) is 3. The number of rotatable bonds is 5. The predicted octanol–water partition coefficient (Wildman–Crippen LogP) is 4.37. The van der Waals surface area contributed by atoms with Crippen LogP contribution in [0.2, 0.25) is 0 Å². The van der Waals surface area contributed by atoms with Crippen molar-refractivity contribution in [2.45, 2.75) is 18.6 Å². The van der Waals surface area contributed by atoms with Crippen LogP contribution in [0.15, 0.2) is 66.7 Å². The van der Waals surface area contributed by atoms with Gasteiger partial charge in [0.1, 0.15) is 6.04 Å². The van der Waals surface area contributed by atoms with Crippen LogP contribution in [0.5, 0.6) is 0 Å². The second-order valence-corrected chi connectivity index (χ2v) is 6.43. The van der Waals surface area contributed by atoms with E-state index in [2.05, 4.69) is 5.32 Å². The number of fused-ring (bicyclic) bond motifs is 1. The van der Waals surface area contributed by atoms with E-state index < -0.39 is 29.7 Å². The summed E-state index contributed by atoms with van der Waals surface area (Å²) in [6.07, 6.45) is -4.92. The molecule has 0 heterocycles. The van der Waals surface area contributed by atoms with Crippen molar-refractivity contribution >= 4 is 22.6 Å². The Morgan fingerprint density at radius 1 is 0.966 bits per heavy atom. The molecule has 7 heteroatoms. The van der Waals surface area contributed by atoms with Crippen LogP contribution < -0.4 is 5.32 Å². The number of benzene rings is 3. The second-order valence-electron chi connectivity index (χ2n) is 6.43. The summed E-state index contributed by atoms with van der Waals surface area (Å²) < 4.78 is 44.5. The first kappa shape index (κ1) is 20.4. The molecule has 150 valence electrons. The van der Waals surface area contributed by atoms with Gasteiger partial charge in [0.05, 0.1) is 12.7 Å². The molecule has 0 spiro atoms. The molecule has 29 heavy (non-hydrogen) atoms. The van der Waals surface area contributed by atoms with Gasteiger partial charge in [-0.1, -0.05) is 54.6 Å². The third-order valence-electron chi connectivity index (χ3n) is 4.57. The molecule has 1 amide bonds. The van der Waals surface area contributed by atoms with E-state index in [9.17, 15) is 22.8 Å². The molecule has 4 nitrogen and oxygen atoms in total. The van der Waals surface area contributed by atoms with Crippen molar-refractivity contribution in [1.82, 2.24) is 5.32 Å². The van der Waals surface area contributed by atoms with Gasteiger partial charge in [0.15, 0.2) is 0 Å². The maximum Gasteiger partial charge on any atom is 0.416 e. The SMILES string of the molecule is COC(=O)[C@@H](Cc1ccccc1C(F)(F)F)NC(=O)c1cccc2ccccc12. The zero-order valence-corrected chi connectivity index (χ0v) is 15.5. The zero-order chi connectivity index (χ0) is 21.0. The monoisotopic (exact) mass is 401 g/mol. The minimum absolute atomic E-state index is 0.103. The first-order chi connectivity index (χ1) is 13.8. The number of amides is 1. The molecular formula is C22H18F3NO3. The molecule has 0 aromatic heterocycles. The van der Waals surface area contributed by atoms with Crippen LogP contribution in [0.4, 0.5) is 13.2 Å². The molecule has 0 aliphatic heterocycles. The van der Waals surface area contributed by atoms with Gasteiger partial charge in [0.25, 0.3) is 5.91 Å². The molecule has 1 atom stereocenters. The van der Waals surface area contributed by atoms with Crippen LogP contribution in [0, 0.1) is 0 Å². The van der Waals surface area contributed by atoms with Crippen molar-refractivity contribution in [1.29, 1.82) is 0 Å². The summed E-state index contributed by atoms with van der Waals surface area (Å²) in [6.45, 7) is 0. The van der Waals surface area contributed by atoms with Gasteiger partial charge >= 0.3 is 12.1 Å².